The first-order valence-electron chi connectivity index (χ1n) is 6.05. The molecule has 0 bridgehead atoms. The normalized spacial score (nSPS) is 11.6. The van der Waals surface area contributed by atoms with Crippen molar-refractivity contribution in [3.05, 3.63) is 56.8 Å². The molecule has 0 aliphatic carbocycles. The van der Waals surface area contributed by atoms with E-state index in [2.05, 4.69) is 0 Å². The zero-order valence-corrected chi connectivity index (χ0v) is 12.0. The summed E-state index contributed by atoms with van der Waals surface area (Å²) < 4.78 is 0. The maximum Gasteiger partial charge on any atom is 0.336 e. The minimum absolute atomic E-state index is 0.341. The van der Waals surface area contributed by atoms with E-state index in [1.807, 2.05) is 50.4 Å². The van der Waals surface area contributed by atoms with E-state index in [9.17, 15) is 9.90 Å². The van der Waals surface area contributed by atoms with Gasteiger partial charge in [0.15, 0.2) is 0 Å². The maximum atomic E-state index is 11.5. The lowest BCUT2D eigenvalue weighted by atomic mass is 10.00. The van der Waals surface area contributed by atoms with Gasteiger partial charge in [-0.25, -0.2) is 4.79 Å². The molecule has 1 aromatic carbocycles. The van der Waals surface area contributed by atoms with Crippen molar-refractivity contribution in [2.24, 2.45) is 0 Å². The Morgan fingerprint density at radius 2 is 1.84 bits per heavy atom. The van der Waals surface area contributed by atoms with Crippen molar-refractivity contribution in [2.45, 2.75) is 20.8 Å². The average Bonchev–Trinajstić information content (AvgIpc) is 2.75. The first-order chi connectivity index (χ1) is 8.99. The summed E-state index contributed by atoms with van der Waals surface area (Å²) in [7, 11) is 0. The van der Waals surface area contributed by atoms with Crippen LogP contribution in [0.25, 0.3) is 11.6 Å². The maximum absolute atomic E-state index is 11.5. The smallest absolute Gasteiger partial charge is 0.336 e. The molecule has 0 unspecified atom stereocenters. The third-order valence-corrected chi connectivity index (χ3v) is 4.19. The minimum atomic E-state index is -0.893. The number of hydrogen-bond donors (Lipinski definition) is 1. The summed E-state index contributed by atoms with van der Waals surface area (Å²) in [6.45, 7) is 6.00. The lowest BCUT2D eigenvalue weighted by Crippen LogP contribution is -2.00. The molecule has 0 spiro atoms. The summed E-state index contributed by atoms with van der Waals surface area (Å²) in [5.74, 6) is -0.893. The van der Waals surface area contributed by atoms with Gasteiger partial charge in [0.1, 0.15) is 0 Å². The Bertz CT molecular complexity index is 651. The van der Waals surface area contributed by atoms with Crippen LogP contribution in [0, 0.1) is 20.8 Å². The minimum Gasteiger partial charge on any atom is -0.478 e. The standard InChI is InChI=1S/C16H16O2S/c1-10-4-5-13(8-12(10)3)14(16(17)18)9-15-11(2)6-7-19-15/h4-9H,1-3H3,(H,17,18)/b14-9-. The van der Waals surface area contributed by atoms with Crippen molar-refractivity contribution in [3.63, 3.8) is 0 Å². The number of carbonyl (C=O) groups is 1. The molecule has 2 aromatic rings. The van der Waals surface area contributed by atoms with Gasteiger partial charge < -0.3 is 5.11 Å². The van der Waals surface area contributed by atoms with E-state index in [1.165, 1.54) is 5.56 Å². The Balaban J connectivity index is 2.52. The third kappa shape index (κ3) is 2.93. The van der Waals surface area contributed by atoms with Crippen molar-refractivity contribution in [1.29, 1.82) is 0 Å². The van der Waals surface area contributed by atoms with Gasteiger partial charge in [0.25, 0.3) is 0 Å². The van der Waals surface area contributed by atoms with Gasteiger partial charge in [-0.15, -0.1) is 11.3 Å². The van der Waals surface area contributed by atoms with Crippen LogP contribution in [-0.2, 0) is 4.79 Å². The fourth-order valence-electron chi connectivity index (χ4n) is 1.84. The lowest BCUT2D eigenvalue weighted by Gasteiger charge is -2.06. The molecule has 0 amide bonds. The topological polar surface area (TPSA) is 37.3 Å². The Labute approximate surface area is 117 Å². The highest BCUT2D eigenvalue weighted by molar-refractivity contribution is 7.11. The van der Waals surface area contributed by atoms with Crippen LogP contribution in [0.3, 0.4) is 0 Å². The van der Waals surface area contributed by atoms with Crippen LogP contribution >= 0.6 is 11.3 Å². The molecular weight excluding hydrogens is 256 g/mol. The Morgan fingerprint density at radius 1 is 1.11 bits per heavy atom. The number of carboxylic acids is 1. The second-order valence-electron chi connectivity index (χ2n) is 4.63. The highest BCUT2D eigenvalue weighted by Crippen LogP contribution is 2.25. The summed E-state index contributed by atoms with van der Waals surface area (Å²) in [5, 5.41) is 11.4. The van der Waals surface area contributed by atoms with Crippen LogP contribution in [0.5, 0.6) is 0 Å². The van der Waals surface area contributed by atoms with Gasteiger partial charge >= 0.3 is 5.97 Å². The summed E-state index contributed by atoms with van der Waals surface area (Å²) in [5.41, 5.74) is 4.47. The number of hydrogen-bond acceptors (Lipinski definition) is 2. The largest absolute Gasteiger partial charge is 0.478 e. The molecule has 1 heterocycles. The van der Waals surface area contributed by atoms with Crippen molar-refractivity contribution in [1.82, 2.24) is 0 Å². The molecule has 0 aliphatic heterocycles. The monoisotopic (exact) mass is 272 g/mol. The third-order valence-electron chi connectivity index (χ3n) is 3.23. The first kappa shape index (κ1) is 13.6. The molecule has 98 valence electrons. The fraction of sp³-hybridized carbons (Fsp3) is 0.188. The van der Waals surface area contributed by atoms with Crippen LogP contribution in [0.15, 0.2) is 29.6 Å². The van der Waals surface area contributed by atoms with Crippen molar-refractivity contribution in [3.8, 4) is 0 Å². The van der Waals surface area contributed by atoms with Gasteiger partial charge in [-0.2, -0.15) is 0 Å². The molecule has 0 atom stereocenters. The number of carboxylic acid groups (broad SMARTS) is 1. The molecule has 0 aliphatic rings. The zero-order chi connectivity index (χ0) is 14.0. The van der Waals surface area contributed by atoms with Crippen LogP contribution in [-0.4, -0.2) is 11.1 Å². The Morgan fingerprint density at radius 3 is 2.37 bits per heavy atom. The Kier molecular flexibility index (Phi) is 3.86. The summed E-state index contributed by atoms with van der Waals surface area (Å²) in [6, 6.07) is 7.75. The van der Waals surface area contributed by atoms with Crippen LogP contribution in [0.2, 0.25) is 0 Å². The first-order valence-corrected chi connectivity index (χ1v) is 6.93. The molecule has 3 heteroatoms. The van der Waals surface area contributed by atoms with Crippen molar-refractivity contribution in [2.75, 3.05) is 0 Å². The molecule has 1 N–H and O–H groups in total. The molecule has 2 rings (SSSR count). The van der Waals surface area contributed by atoms with E-state index in [0.29, 0.717) is 5.57 Å². The molecule has 1 aromatic heterocycles. The van der Waals surface area contributed by atoms with Gasteiger partial charge in [-0.1, -0.05) is 18.2 Å². The van der Waals surface area contributed by atoms with Crippen LogP contribution in [0.1, 0.15) is 27.1 Å². The van der Waals surface area contributed by atoms with Crippen LogP contribution in [0.4, 0.5) is 0 Å². The Hall–Kier alpha value is -1.87. The average molecular weight is 272 g/mol. The number of aryl methyl sites for hydroxylation is 3. The number of rotatable bonds is 3. The van der Waals surface area contributed by atoms with E-state index < -0.39 is 5.97 Å². The predicted molar refractivity (Wildman–Crippen MR) is 80.5 cm³/mol. The molecular formula is C16H16O2S. The summed E-state index contributed by atoms with van der Waals surface area (Å²) in [4.78, 5) is 12.5. The number of thiophene rings is 1. The molecule has 2 nitrogen and oxygen atoms in total. The second kappa shape index (κ2) is 5.41. The van der Waals surface area contributed by atoms with Gasteiger partial charge in [0, 0.05) is 4.88 Å². The predicted octanol–water partition coefficient (Wildman–Crippen LogP) is 4.30. The molecule has 0 saturated heterocycles. The van der Waals surface area contributed by atoms with Crippen molar-refractivity contribution >= 4 is 29.0 Å². The fourth-order valence-corrected chi connectivity index (χ4v) is 2.70. The van der Waals surface area contributed by atoms with E-state index >= 15 is 0 Å². The van der Waals surface area contributed by atoms with E-state index in [1.54, 1.807) is 17.4 Å². The molecule has 0 radical (unpaired) electrons. The van der Waals surface area contributed by atoms with Crippen LogP contribution < -0.4 is 0 Å². The van der Waals surface area contributed by atoms with E-state index in [0.717, 1.165) is 21.6 Å². The summed E-state index contributed by atoms with van der Waals surface area (Å²) >= 11 is 1.56. The zero-order valence-electron chi connectivity index (χ0n) is 11.2. The van der Waals surface area contributed by atoms with Gasteiger partial charge in [0.2, 0.25) is 0 Å². The van der Waals surface area contributed by atoms with Gasteiger partial charge in [-0.05, 0) is 60.5 Å². The second-order valence-corrected chi connectivity index (χ2v) is 5.58. The summed E-state index contributed by atoms with van der Waals surface area (Å²) in [6.07, 6.45) is 1.76. The van der Waals surface area contributed by atoms with E-state index in [4.69, 9.17) is 0 Å². The molecule has 19 heavy (non-hydrogen) atoms. The van der Waals surface area contributed by atoms with E-state index in [-0.39, 0.29) is 0 Å². The lowest BCUT2D eigenvalue weighted by molar-refractivity contribution is -0.130. The molecule has 0 saturated carbocycles. The number of aliphatic carboxylic acids is 1. The highest BCUT2D eigenvalue weighted by Gasteiger charge is 2.12. The SMILES string of the molecule is Cc1ccc(/C(=C/c2sccc2C)C(=O)O)cc1C. The molecule has 0 fully saturated rings. The van der Waals surface area contributed by atoms with Gasteiger partial charge in [-0.3, -0.25) is 0 Å². The van der Waals surface area contributed by atoms with Gasteiger partial charge in [0.05, 0.1) is 5.57 Å². The quantitative estimate of drug-likeness (QED) is 0.846. The highest BCUT2D eigenvalue weighted by atomic mass is 32.1. The number of benzene rings is 1. The van der Waals surface area contributed by atoms with Crippen molar-refractivity contribution < 1.29 is 9.90 Å².